The molecule has 1 saturated heterocycles. The highest BCUT2D eigenvalue weighted by Gasteiger charge is 2.39. The van der Waals surface area contributed by atoms with Gasteiger partial charge in [0.1, 0.15) is 23.8 Å². The van der Waals surface area contributed by atoms with E-state index in [1.807, 2.05) is 0 Å². The lowest BCUT2D eigenvalue weighted by Gasteiger charge is -2.41. The van der Waals surface area contributed by atoms with E-state index in [-0.39, 0.29) is 11.7 Å². The van der Waals surface area contributed by atoms with Crippen LogP contribution in [0.1, 0.15) is 23.5 Å². The molecule has 6 nitrogen and oxygen atoms in total. The molecule has 1 aliphatic rings. The Hall–Kier alpha value is -2.41. The average Bonchev–Trinajstić information content (AvgIpc) is 3.07. The van der Waals surface area contributed by atoms with Crippen LogP contribution in [0.2, 0.25) is 0 Å². The molecule has 0 saturated carbocycles. The number of halogens is 1. The topological polar surface area (TPSA) is 56.6 Å². The largest absolute Gasteiger partial charge is 0.491 e. The Morgan fingerprint density at radius 1 is 1.36 bits per heavy atom. The molecular weight excluding hydrogens is 325 g/mol. The number of aryl methyl sites for hydroxylation is 1. The molecule has 1 amide bonds. The third-order valence-corrected chi connectivity index (χ3v) is 4.59. The SMILES string of the molecule is CO[C@]1(COc2ccc(F)cc2)CCCN(C(=O)c2nccn2C)C1. The normalized spacial score (nSPS) is 20.5. The maximum absolute atomic E-state index is 13.0. The lowest BCUT2D eigenvalue weighted by molar-refractivity contribution is -0.0826. The zero-order valence-electron chi connectivity index (χ0n) is 14.4. The van der Waals surface area contributed by atoms with Crippen LogP contribution in [0.15, 0.2) is 36.7 Å². The van der Waals surface area contributed by atoms with Crippen molar-refractivity contribution in [3.05, 3.63) is 48.3 Å². The summed E-state index contributed by atoms with van der Waals surface area (Å²) in [6.07, 6.45) is 4.96. The van der Waals surface area contributed by atoms with Gasteiger partial charge in [0.2, 0.25) is 0 Å². The molecule has 0 N–H and O–H groups in total. The first kappa shape index (κ1) is 17.4. The highest BCUT2D eigenvalue weighted by molar-refractivity contribution is 5.91. The quantitative estimate of drug-likeness (QED) is 0.833. The number of imidazole rings is 1. The van der Waals surface area contributed by atoms with Crippen molar-refractivity contribution in [2.24, 2.45) is 7.05 Å². The Balaban J connectivity index is 1.69. The van der Waals surface area contributed by atoms with Gasteiger partial charge in [0.25, 0.3) is 5.91 Å². The zero-order valence-corrected chi connectivity index (χ0v) is 14.4. The fourth-order valence-corrected chi connectivity index (χ4v) is 3.07. The molecule has 1 aliphatic heterocycles. The fraction of sp³-hybridized carbons (Fsp3) is 0.444. The number of rotatable bonds is 5. The van der Waals surface area contributed by atoms with Crippen molar-refractivity contribution in [3.8, 4) is 5.75 Å². The van der Waals surface area contributed by atoms with Crippen LogP contribution in [0, 0.1) is 5.82 Å². The van der Waals surface area contributed by atoms with E-state index in [2.05, 4.69) is 4.98 Å². The van der Waals surface area contributed by atoms with Crippen LogP contribution >= 0.6 is 0 Å². The second kappa shape index (κ2) is 7.23. The Morgan fingerprint density at radius 2 is 2.12 bits per heavy atom. The van der Waals surface area contributed by atoms with Crippen LogP contribution in [0.4, 0.5) is 4.39 Å². The van der Waals surface area contributed by atoms with Gasteiger partial charge in [0, 0.05) is 33.1 Å². The van der Waals surface area contributed by atoms with Crippen LogP contribution in [-0.4, -0.2) is 52.8 Å². The predicted molar refractivity (Wildman–Crippen MR) is 90.0 cm³/mol. The van der Waals surface area contributed by atoms with E-state index in [1.165, 1.54) is 12.1 Å². The average molecular weight is 347 g/mol. The first-order valence-corrected chi connectivity index (χ1v) is 8.23. The number of hydrogen-bond acceptors (Lipinski definition) is 4. The molecule has 0 spiro atoms. The van der Waals surface area contributed by atoms with E-state index in [0.29, 0.717) is 31.3 Å². The summed E-state index contributed by atoms with van der Waals surface area (Å²) in [5.41, 5.74) is -0.590. The van der Waals surface area contributed by atoms with E-state index in [9.17, 15) is 9.18 Å². The van der Waals surface area contributed by atoms with Crippen molar-refractivity contribution in [1.82, 2.24) is 14.5 Å². The highest BCUT2D eigenvalue weighted by Crippen LogP contribution is 2.27. The maximum Gasteiger partial charge on any atom is 0.289 e. The molecule has 25 heavy (non-hydrogen) atoms. The Kier molecular flexibility index (Phi) is 5.03. The summed E-state index contributed by atoms with van der Waals surface area (Å²) in [5.74, 6) is 0.561. The number of carbonyl (C=O) groups is 1. The lowest BCUT2D eigenvalue weighted by atomic mass is 9.93. The van der Waals surface area contributed by atoms with Crippen LogP contribution < -0.4 is 4.74 Å². The van der Waals surface area contributed by atoms with E-state index in [0.717, 1.165) is 12.8 Å². The first-order valence-electron chi connectivity index (χ1n) is 8.23. The molecule has 0 radical (unpaired) electrons. The minimum Gasteiger partial charge on any atom is -0.491 e. The number of nitrogens with zero attached hydrogens (tertiary/aromatic N) is 3. The van der Waals surface area contributed by atoms with Crippen molar-refractivity contribution in [1.29, 1.82) is 0 Å². The Labute approximate surface area is 146 Å². The van der Waals surface area contributed by atoms with E-state index >= 15 is 0 Å². The standard InChI is InChI=1S/C18H22FN3O3/c1-21-11-9-20-16(21)17(23)22-10-3-8-18(12-22,24-2)13-25-15-6-4-14(19)5-7-15/h4-7,9,11H,3,8,10,12-13H2,1-2H3/t18-/m1/s1. The molecule has 0 unspecified atom stereocenters. The van der Waals surface area contributed by atoms with Gasteiger partial charge in [-0.05, 0) is 37.1 Å². The van der Waals surface area contributed by atoms with Crippen molar-refractivity contribution < 1.29 is 18.7 Å². The van der Waals surface area contributed by atoms with Gasteiger partial charge in [0.05, 0.1) is 6.54 Å². The van der Waals surface area contributed by atoms with E-state index < -0.39 is 5.60 Å². The van der Waals surface area contributed by atoms with Crippen molar-refractivity contribution in [2.45, 2.75) is 18.4 Å². The number of likely N-dealkylation sites (tertiary alicyclic amines) is 1. The minimum atomic E-state index is -0.590. The summed E-state index contributed by atoms with van der Waals surface area (Å²) in [6.45, 7) is 1.38. The summed E-state index contributed by atoms with van der Waals surface area (Å²) in [7, 11) is 3.42. The van der Waals surface area contributed by atoms with Gasteiger partial charge in [-0.3, -0.25) is 4.79 Å². The van der Waals surface area contributed by atoms with Crippen LogP contribution in [-0.2, 0) is 11.8 Å². The van der Waals surface area contributed by atoms with Gasteiger partial charge in [-0.15, -0.1) is 0 Å². The molecule has 3 rings (SSSR count). The lowest BCUT2D eigenvalue weighted by Crippen LogP contribution is -2.54. The monoisotopic (exact) mass is 347 g/mol. The van der Waals surface area contributed by atoms with Gasteiger partial charge in [-0.25, -0.2) is 9.37 Å². The summed E-state index contributed by atoms with van der Waals surface area (Å²) < 4.78 is 26.2. The molecule has 7 heteroatoms. The van der Waals surface area contributed by atoms with Gasteiger partial charge < -0.3 is 18.9 Å². The third kappa shape index (κ3) is 3.82. The highest BCUT2D eigenvalue weighted by atomic mass is 19.1. The molecule has 2 aromatic rings. The number of aromatic nitrogens is 2. The second-order valence-corrected chi connectivity index (χ2v) is 6.32. The number of benzene rings is 1. The van der Waals surface area contributed by atoms with Crippen molar-refractivity contribution >= 4 is 5.91 Å². The second-order valence-electron chi connectivity index (χ2n) is 6.32. The summed E-state index contributed by atoms with van der Waals surface area (Å²) in [5, 5.41) is 0. The first-order chi connectivity index (χ1) is 12.0. The Morgan fingerprint density at radius 3 is 2.76 bits per heavy atom. The van der Waals surface area contributed by atoms with Crippen LogP contribution in [0.25, 0.3) is 0 Å². The van der Waals surface area contributed by atoms with Gasteiger partial charge in [-0.2, -0.15) is 0 Å². The summed E-state index contributed by atoms with van der Waals surface area (Å²) in [4.78, 5) is 18.6. The number of carbonyl (C=O) groups excluding carboxylic acids is 1. The molecule has 1 aromatic heterocycles. The van der Waals surface area contributed by atoms with Gasteiger partial charge in [-0.1, -0.05) is 0 Å². The minimum absolute atomic E-state index is 0.115. The summed E-state index contributed by atoms with van der Waals surface area (Å²) >= 11 is 0. The number of methoxy groups -OCH3 is 1. The molecular formula is C18H22FN3O3. The molecule has 2 heterocycles. The molecule has 1 aromatic carbocycles. The summed E-state index contributed by atoms with van der Waals surface area (Å²) in [6, 6.07) is 5.87. The van der Waals surface area contributed by atoms with E-state index in [1.54, 1.807) is 48.2 Å². The van der Waals surface area contributed by atoms with Crippen LogP contribution in [0.3, 0.4) is 0 Å². The molecule has 1 fully saturated rings. The van der Waals surface area contributed by atoms with Crippen molar-refractivity contribution in [2.75, 3.05) is 26.8 Å². The van der Waals surface area contributed by atoms with Crippen molar-refractivity contribution in [3.63, 3.8) is 0 Å². The van der Waals surface area contributed by atoms with Crippen LogP contribution in [0.5, 0.6) is 5.75 Å². The molecule has 1 atom stereocenters. The van der Waals surface area contributed by atoms with Gasteiger partial charge in [0.15, 0.2) is 5.82 Å². The third-order valence-electron chi connectivity index (χ3n) is 4.59. The fourth-order valence-electron chi connectivity index (χ4n) is 3.07. The maximum atomic E-state index is 13.0. The number of piperidine rings is 1. The molecule has 0 bridgehead atoms. The Bertz CT molecular complexity index is 731. The van der Waals surface area contributed by atoms with Gasteiger partial charge >= 0.3 is 0 Å². The predicted octanol–water partition coefficient (Wildman–Crippen LogP) is 2.26. The number of hydrogen-bond donors (Lipinski definition) is 0. The van der Waals surface area contributed by atoms with E-state index in [4.69, 9.17) is 9.47 Å². The molecule has 134 valence electrons. The molecule has 0 aliphatic carbocycles. The zero-order chi connectivity index (χ0) is 17.9. The number of amides is 1. The smallest absolute Gasteiger partial charge is 0.289 e. The number of ether oxygens (including phenoxy) is 2.